The van der Waals surface area contributed by atoms with Crippen molar-refractivity contribution < 1.29 is 24.2 Å². The lowest BCUT2D eigenvalue weighted by Gasteiger charge is -2.10. The van der Waals surface area contributed by atoms with E-state index in [4.69, 9.17) is 14.6 Å². The number of rotatable bonds is 10. The molecule has 122 valence electrons. The Labute approximate surface area is 130 Å². The van der Waals surface area contributed by atoms with Crippen LogP contribution in [0.2, 0.25) is 0 Å². The van der Waals surface area contributed by atoms with Crippen LogP contribution in [-0.2, 0) is 14.3 Å². The first-order valence-corrected chi connectivity index (χ1v) is 7.28. The number of hydrogen-bond donors (Lipinski definition) is 2. The third-order valence-corrected chi connectivity index (χ3v) is 3.12. The Balaban J connectivity index is 2.32. The number of aliphatic carboxylic acids is 1. The number of carbonyl (C=O) groups excluding carboxylic acids is 1. The van der Waals surface area contributed by atoms with Crippen molar-refractivity contribution in [1.82, 2.24) is 0 Å². The summed E-state index contributed by atoms with van der Waals surface area (Å²) in [5.74, 6) is -0.236. The van der Waals surface area contributed by atoms with E-state index in [0.29, 0.717) is 37.3 Å². The van der Waals surface area contributed by atoms with Gasteiger partial charge >= 0.3 is 5.97 Å². The molecular formula is C16H23NO5. The van der Waals surface area contributed by atoms with Crippen molar-refractivity contribution >= 4 is 17.6 Å². The summed E-state index contributed by atoms with van der Waals surface area (Å²) in [6, 6.07) is 7.00. The Bertz CT molecular complexity index is 472. The molecule has 1 atom stereocenters. The van der Waals surface area contributed by atoms with Gasteiger partial charge < -0.3 is 19.9 Å². The highest BCUT2D eigenvalue weighted by molar-refractivity contribution is 5.90. The van der Waals surface area contributed by atoms with Crippen molar-refractivity contribution in [2.45, 2.75) is 38.7 Å². The van der Waals surface area contributed by atoms with Crippen molar-refractivity contribution in [3.8, 4) is 5.75 Å². The molecule has 1 aromatic carbocycles. The summed E-state index contributed by atoms with van der Waals surface area (Å²) in [6.07, 6.45) is 1.70. The third kappa shape index (κ3) is 7.64. The number of methoxy groups -OCH3 is 1. The predicted octanol–water partition coefficient (Wildman–Crippen LogP) is 2.68. The molecule has 1 amide bonds. The summed E-state index contributed by atoms with van der Waals surface area (Å²) >= 11 is 0. The zero-order valence-corrected chi connectivity index (χ0v) is 13.0. The van der Waals surface area contributed by atoms with Crippen molar-refractivity contribution in [2.75, 3.05) is 19.0 Å². The highest BCUT2D eigenvalue weighted by atomic mass is 16.5. The number of anilines is 1. The molecule has 0 spiro atoms. The number of ether oxygens (including phenoxy) is 2. The van der Waals surface area contributed by atoms with E-state index in [1.807, 2.05) is 6.92 Å². The van der Waals surface area contributed by atoms with Gasteiger partial charge in [-0.2, -0.15) is 0 Å². The van der Waals surface area contributed by atoms with Gasteiger partial charge in [0.05, 0.1) is 12.7 Å². The maximum absolute atomic E-state index is 11.7. The van der Waals surface area contributed by atoms with Gasteiger partial charge in [-0.25, -0.2) is 0 Å². The van der Waals surface area contributed by atoms with Crippen molar-refractivity contribution in [3.63, 3.8) is 0 Å². The molecule has 0 saturated heterocycles. The Kier molecular flexibility index (Phi) is 7.99. The number of carbonyl (C=O) groups is 2. The van der Waals surface area contributed by atoms with E-state index in [9.17, 15) is 9.59 Å². The number of benzene rings is 1. The Hall–Kier alpha value is -2.08. The molecule has 1 unspecified atom stereocenters. The van der Waals surface area contributed by atoms with Crippen molar-refractivity contribution in [3.05, 3.63) is 24.3 Å². The SMILES string of the molecule is COC(C)CCC(=O)Nc1ccc(OCCCC(=O)O)cc1. The minimum Gasteiger partial charge on any atom is -0.494 e. The molecule has 2 N–H and O–H groups in total. The van der Waals surface area contributed by atoms with Gasteiger partial charge in [-0.15, -0.1) is 0 Å². The minimum absolute atomic E-state index is 0.0565. The van der Waals surface area contributed by atoms with Crippen LogP contribution in [0.25, 0.3) is 0 Å². The largest absolute Gasteiger partial charge is 0.494 e. The van der Waals surface area contributed by atoms with Crippen molar-refractivity contribution in [1.29, 1.82) is 0 Å². The molecule has 0 radical (unpaired) electrons. The number of carboxylic acid groups (broad SMARTS) is 1. The van der Waals surface area contributed by atoms with Gasteiger partial charge in [-0.3, -0.25) is 9.59 Å². The van der Waals surface area contributed by atoms with Crippen LogP contribution < -0.4 is 10.1 Å². The monoisotopic (exact) mass is 309 g/mol. The van der Waals surface area contributed by atoms with E-state index in [1.165, 1.54) is 0 Å². The van der Waals surface area contributed by atoms with Crippen LogP contribution in [0.1, 0.15) is 32.6 Å². The lowest BCUT2D eigenvalue weighted by atomic mass is 10.2. The summed E-state index contributed by atoms with van der Waals surface area (Å²) in [5.41, 5.74) is 0.702. The summed E-state index contributed by atoms with van der Waals surface area (Å²) in [5, 5.41) is 11.3. The Morgan fingerprint density at radius 3 is 2.50 bits per heavy atom. The lowest BCUT2D eigenvalue weighted by molar-refractivity contribution is -0.137. The third-order valence-electron chi connectivity index (χ3n) is 3.12. The molecule has 22 heavy (non-hydrogen) atoms. The van der Waals surface area contributed by atoms with Crippen LogP contribution in [0, 0.1) is 0 Å². The highest BCUT2D eigenvalue weighted by Crippen LogP contribution is 2.16. The molecule has 1 aromatic rings. The molecule has 0 saturated carbocycles. The summed E-state index contributed by atoms with van der Waals surface area (Å²) < 4.78 is 10.5. The van der Waals surface area contributed by atoms with Gasteiger partial charge in [-0.05, 0) is 44.0 Å². The Morgan fingerprint density at radius 1 is 1.23 bits per heavy atom. The summed E-state index contributed by atoms with van der Waals surface area (Å²) in [7, 11) is 1.62. The van der Waals surface area contributed by atoms with Crippen molar-refractivity contribution in [2.24, 2.45) is 0 Å². The first kappa shape index (κ1) is 18.0. The average molecular weight is 309 g/mol. The number of hydrogen-bond acceptors (Lipinski definition) is 4. The fraction of sp³-hybridized carbons (Fsp3) is 0.500. The molecule has 1 rings (SSSR count). The lowest BCUT2D eigenvalue weighted by Crippen LogP contribution is -2.15. The van der Waals surface area contributed by atoms with Crippen LogP contribution in [0.5, 0.6) is 5.75 Å². The molecule has 0 aliphatic heterocycles. The van der Waals surface area contributed by atoms with Gasteiger partial charge in [0.1, 0.15) is 5.75 Å². The normalized spacial score (nSPS) is 11.7. The quantitative estimate of drug-likeness (QED) is 0.649. The summed E-state index contributed by atoms with van der Waals surface area (Å²) in [6.45, 7) is 2.27. The number of carboxylic acids is 1. The van der Waals surface area contributed by atoms with Gasteiger partial charge in [0, 0.05) is 25.6 Å². The van der Waals surface area contributed by atoms with Gasteiger partial charge in [-0.1, -0.05) is 0 Å². The van der Waals surface area contributed by atoms with E-state index in [-0.39, 0.29) is 18.4 Å². The van der Waals surface area contributed by atoms with E-state index in [2.05, 4.69) is 5.32 Å². The molecule has 6 heteroatoms. The number of nitrogens with one attached hydrogen (secondary N) is 1. The molecule has 0 fully saturated rings. The maximum atomic E-state index is 11.7. The second kappa shape index (κ2) is 9.78. The topological polar surface area (TPSA) is 84.9 Å². The van der Waals surface area contributed by atoms with E-state index < -0.39 is 5.97 Å². The predicted molar refractivity (Wildman–Crippen MR) is 83.1 cm³/mol. The second-order valence-electron chi connectivity index (χ2n) is 5.00. The molecule has 0 aromatic heterocycles. The fourth-order valence-electron chi connectivity index (χ4n) is 1.72. The maximum Gasteiger partial charge on any atom is 0.303 e. The minimum atomic E-state index is -0.829. The standard InChI is InChI=1S/C16H23NO5/c1-12(21-2)5-10-15(18)17-13-6-8-14(9-7-13)22-11-3-4-16(19)20/h6-9,12H,3-5,10-11H2,1-2H3,(H,17,18)(H,19,20). The van der Waals surface area contributed by atoms with Crippen LogP contribution in [0.15, 0.2) is 24.3 Å². The molecule has 0 bridgehead atoms. The van der Waals surface area contributed by atoms with Crippen LogP contribution in [-0.4, -0.2) is 36.8 Å². The van der Waals surface area contributed by atoms with E-state index in [1.54, 1.807) is 31.4 Å². The molecule has 0 heterocycles. The fourth-order valence-corrected chi connectivity index (χ4v) is 1.72. The Morgan fingerprint density at radius 2 is 1.91 bits per heavy atom. The first-order chi connectivity index (χ1) is 10.5. The molecular weight excluding hydrogens is 286 g/mol. The first-order valence-electron chi connectivity index (χ1n) is 7.28. The molecule has 0 aliphatic rings. The molecule has 6 nitrogen and oxygen atoms in total. The highest BCUT2D eigenvalue weighted by Gasteiger charge is 2.06. The van der Waals surface area contributed by atoms with Gasteiger partial charge in [0.25, 0.3) is 0 Å². The zero-order valence-electron chi connectivity index (χ0n) is 13.0. The van der Waals surface area contributed by atoms with E-state index in [0.717, 1.165) is 0 Å². The average Bonchev–Trinajstić information content (AvgIpc) is 2.50. The number of amides is 1. The molecule has 0 aliphatic carbocycles. The van der Waals surface area contributed by atoms with Gasteiger partial charge in [0.15, 0.2) is 0 Å². The second-order valence-corrected chi connectivity index (χ2v) is 5.00. The summed E-state index contributed by atoms with van der Waals surface area (Å²) in [4.78, 5) is 22.1. The van der Waals surface area contributed by atoms with Crippen LogP contribution in [0.4, 0.5) is 5.69 Å². The smallest absolute Gasteiger partial charge is 0.303 e. The zero-order chi connectivity index (χ0) is 16.4. The van der Waals surface area contributed by atoms with E-state index >= 15 is 0 Å². The van der Waals surface area contributed by atoms with Crippen LogP contribution >= 0.6 is 0 Å². The van der Waals surface area contributed by atoms with Crippen LogP contribution in [0.3, 0.4) is 0 Å². The van der Waals surface area contributed by atoms with Gasteiger partial charge in [0.2, 0.25) is 5.91 Å².